The molecule has 4 nitrogen and oxygen atoms in total. The Hall–Kier alpha value is -2.04. The molecule has 0 saturated heterocycles. The number of ketones is 1. The van der Waals surface area contributed by atoms with Crippen LogP contribution in [0.25, 0.3) is 0 Å². The zero-order chi connectivity index (χ0) is 17.3. The van der Waals surface area contributed by atoms with Gasteiger partial charge in [-0.2, -0.15) is 0 Å². The molecular formula is C18H15Cl2NO3. The van der Waals surface area contributed by atoms with Gasteiger partial charge in [0.25, 0.3) is 5.91 Å². The predicted molar refractivity (Wildman–Crippen MR) is 93.1 cm³/mol. The molecule has 0 heterocycles. The van der Waals surface area contributed by atoms with Gasteiger partial charge in [0, 0.05) is 17.7 Å². The molecule has 0 radical (unpaired) electrons. The highest BCUT2D eigenvalue weighted by Gasteiger charge is 2.24. The third kappa shape index (κ3) is 3.55. The Labute approximate surface area is 149 Å². The molecular weight excluding hydrogens is 349 g/mol. The van der Waals surface area contributed by atoms with Crippen molar-refractivity contribution >= 4 is 34.9 Å². The van der Waals surface area contributed by atoms with Gasteiger partial charge in [0.05, 0.1) is 15.6 Å². The molecule has 0 bridgehead atoms. The van der Waals surface area contributed by atoms with Crippen LogP contribution in [0.2, 0.25) is 10.0 Å². The number of benzene rings is 2. The first-order valence-corrected chi connectivity index (χ1v) is 8.33. The van der Waals surface area contributed by atoms with Crippen molar-refractivity contribution < 1.29 is 14.7 Å². The van der Waals surface area contributed by atoms with Crippen LogP contribution in [0.3, 0.4) is 0 Å². The Balaban J connectivity index is 1.92. The first-order valence-electron chi connectivity index (χ1n) is 7.57. The summed E-state index contributed by atoms with van der Waals surface area (Å²) in [4.78, 5) is 24.9. The molecule has 1 saturated carbocycles. The highest BCUT2D eigenvalue weighted by molar-refractivity contribution is 6.36. The molecule has 1 fully saturated rings. The Morgan fingerprint density at radius 1 is 1.08 bits per heavy atom. The monoisotopic (exact) mass is 363 g/mol. The van der Waals surface area contributed by atoms with Gasteiger partial charge in [0.1, 0.15) is 5.75 Å². The summed E-state index contributed by atoms with van der Waals surface area (Å²) >= 11 is 12.0. The molecule has 1 amide bonds. The summed E-state index contributed by atoms with van der Waals surface area (Å²) < 4.78 is 0. The van der Waals surface area contributed by atoms with Crippen molar-refractivity contribution in [3.63, 3.8) is 0 Å². The first-order chi connectivity index (χ1) is 11.5. The van der Waals surface area contributed by atoms with Gasteiger partial charge in [0.2, 0.25) is 0 Å². The lowest BCUT2D eigenvalue weighted by molar-refractivity contribution is 0.0949. The third-order valence-corrected chi connectivity index (χ3v) is 4.55. The van der Waals surface area contributed by atoms with Crippen molar-refractivity contribution in [2.75, 3.05) is 6.54 Å². The first kappa shape index (κ1) is 16.8. The largest absolute Gasteiger partial charge is 0.506 e. The maximum absolute atomic E-state index is 12.6. The fourth-order valence-electron chi connectivity index (χ4n) is 2.36. The Kier molecular flexibility index (Phi) is 4.78. The van der Waals surface area contributed by atoms with Crippen molar-refractivity contribution in [3.05, 3.63) is 63.1 Å². The van der Waals surface area contributed by atoms with E-state index in [0.29, 0.717) is 23.0 Å². The molecule has 2 N–H and O–H groups in total. The lowest BCUT2D eigenvalue weighted by Gasteiger charge is -2.10. The number of halogens is 2. The molecule has 0 unspecified atom stereocenters. The van der Waals surface area contributed by atoms with Crippen LogP contribution in [0.1, 0.15) is 39.1 Å². The minimum atomic E-state index is -0.449. The SMILES string of the molecule is O=C(c1cc(Cl)c(O)c(C(=O)NCC2CC2)c1)c1ccccc1Cl. The molecule has 6 heteroatoms. The maximum Gasteiger partial charge on any atom is 0.255 e. The predicted octanol–water partition coefficient (Wildman–Crippen LogP) is 4.07. The van der Waals surface area contributed by atoms with Crippen molar-refractivity contribution in [2.45, 2.75) is 12.8 Å². The summed E-state index contributed by atoms with van der Waals surface area (Å²) in [7, 11) is 0. The number of phenols is 1. The lowest BCUT2D eigenvalue weighted by atomic mass is 10.0. The molecule has 0 aliphatic heterocycles. The van der Waals surface area contributed by atoms with E-state index < -0.39 is 5.91 Å². The molecule has 1 aliphatic rings. The maximum atomic E-state index is 12.6. The minimum absolute atomic E-state index is 0.0152. The molecule has 2 aromatic carbocycles. The fourth-order valence-corrected chi connectivity index (χ4v) is 2.80. The summed E-state index contributed by atoms with van der Waals surface area (Å²) in [6, 6.07) is 9.30. The van der Waals surface area contributed by atoms with Crippen LogP contribution in [-0.2, 0) is 0 Å². The van der Waals surface area contributed by atoms with E-state index in [1.165, 1.54) is 12.1 Å². The van der Waals surface area contributed by atoms with E-state index in [1.807, 2.05) is 0 Å². The van der Waals surface area contributed by atoms with E-state index in [0.717, 1.165) is 12.8 Å². The number of carbonyl (C=O) groups excluding carboxylic acids is 2. The number of rotatable bonds is 5. The number of hydrogen-bond acceptors (Lipinski definition) is 3. The number of hydrogen-bond donors (Lipinski definition) is 2. The molecule has 0 spiro atoms. The highest BCUT2D eigenvalue weighted by atomic mass is 35.5. The number of amides is 1. The summed E-state index contributed by atoms with van der Waals surface area (Å²) in [5, 5.41) is 13.1. The van der Waals surface area contributed by atoms with Crippen LogP contribution in [0.5, 0.6) is 5.75 Å². The molecule has 24 heavy (non-hydrogen) atoms. The number of aromatic hydroxyl groups is 1. The number of carbonyl (C=O) groups is 2. The van der Waals surface area contributed by atoms with Crippen molar-refractivity contribution in [1.82, 2.24) is 5.32 Å². The second-order valence-electron chi connectivity index (χ2n) is 5.82. The van der Waals surface area contributed by atoms with Gasteiger partial charge in [-0.1, -0.05) is 35.3 Å². The fraction of sp³-hybridized carbons (Fsp3) is 0.222. The van der Waals surface area contributed by atoms with Crippen LogP contribution >= 0.6 is 23.2 Å². The lowest BCUT2D eigenvalue weighted by Crippen LogP contribution is -2.26. The van der Waals surface area contributed by atoms with E-state index in [-0.39, 0.29) is 27.7 Å². The highest BCUT2D eigenvalue weighted by Crippen LogP contribution is 2.32. The van der Waals surface area contributed by atoms with E-state index >= 15 is 0 Å². The smallest absolute Gasteiger partial charge is 0.255 e. The topological polar surface area (TPSA) is 66.4 Å². The number of phenolic OH excluding ortho intramolecular Hbond substituents is 1. The zero-order valence-corrected chi connectivity index (χ0v) is 14.2. The van der Waals surface area contributed by atoms with Crippen molar-refractivity contribution in [2.24, 2.45) is 5.92 Å². The average Bonchev–Trinajstić information content (AvgIpc) is 3.39. The van der Waals surface area contributed by atoms with Crippen LogP contribution in [0.4, 0.5) is 0 Å². The van der Waals surface area contributed by atoms with Gasteiger partial charge < -0.3 is 10.4 Å². The van der Waals surface area contributed by atoms with Crippen LogP contribution in [0, 0.1) is 5.92 Å². The second-order valence-corrected chi connectivity index (χ2v) is 6.63. The summed E-state index contributed by atoms with van der Waals surface area (Å²) in [5.74, 6) is -0.644. The summed E-state index contributed by atoms with van der Waals surface area (Å²) in [6.07, 6.45) is 2.19. The Morgan fingerprint density at radius 2 is 1.79 bits per heavy atom. The standard InChI is InChI=1S/C18H15Cl2NO3/c19-14-4-2-1-3-12(14)16(22)11-7-13(17(23)15(20)8-11)18(24)21-9-10-5-6-10/h1-4,7-8,10,23H,5-6,9H2,(H,21,24). The summed E-state index contributed by atoms with van der Waals surface area (Å²) in [5.41, 5.74) is 0.492. The average molecular weight is 364 g/mol. The molecule has 0 atom stereocenters. The Bertz CT molecular complexity index is 816. The quantitative estimate of drug-likeness (QED) is 0.786. The molecule has 3 rings (SSSR count). The van der Waals surface area contributed by atoms with Gasteiger partial charge >= 0.3 is 0 Å². The minimum Gasteiger partial charge on any atom is -0.506 e. The molecule has 2 aromatic rings. The van der Waals surface area contributed by atoms with E-state index in [2.05, 4.69) is 5.32 Å². The van der Waals surface area contributed by atoms with E-state index in [1.54, 1.807) is 24.3 Å². The molecule has 124 valence electrons. The third-order valence-electron chi connectivity index (χ3n) is 3.94. The second kappa shape index (κ2) is 6.83. The van der Waals surface area contributed by atoms with Gasteiger partial charge in [-0.25, -0.2) is 0 Å². The normalized spacial score (nSPS) is 13.6. The van der Waals surface area contributed by atoms with Gasteiger partial charge in [-0.05, 0) is 43.0 Å². The Morgan fingerprint density at radius 3 is 2.46 bits per heavy atom. The van der Waals surface area contributed by atoms with Crippen molar-refractivity contribution in [3.8, 4) is 5.75 Å². The van der Waals surface area contributed by atoms with Gasteiger partial charge in [-0.3, -0.25) is 9.59 Å². The van der Waals surface area contributed by atoms with E-state index in [9.17, 15) is 14.7 Å². The zero-order valence-electron chi connectivity index (χ0n) is 12.7. The van der Waals surface area contributed by atoms with Crippen LogP contribution in [0.15, 0.2) is 36.4 Å². The van der Waals surface area contributed by atoms with E-state index in [4.69, 9.17) is 23.2 Å². The molecule has 1 aliphatic carbocycles. The molecule has 0 aromatic heterocycles. The van der Waals surface area contributed by atoms with Crippen molar-refractivity contribution in [1.29, 1.82) is 0 Å². The number of nitrogens with one attached hydrogen (secondary N) is 1. The van der Waals surface area contributed by atoms with Crippen LogP contribution in [-0.4, -0.2) is 23.3 Å². The van der Waals surface area contributed by atoms with Gasteiger partial charge in [0.15, 0.2) is 5.78 Å². The summed E-state index contributed by atoms with van der Waals surface area (Å²) in [6.45, 7) is 0.554. The van der Waals surface area contributed by atoms with Gasteiger partial charge in [-0.15, -0.1) is 0 Å². The van der Waals surface area contributed by atoms with Crippen LogP contribution < -0.4 is 5.32 Å².